The zero-order valence-corrected chi connectivity index (χ0v) is 26.6. The average Bonchev–Trinajstić information content (AvgIpc) is 3.50. The number of methoxy groups -OCH3 is 3. The molecule has 2 N–H and O–H groups in total. The zero-order chi connectivity index (χ0) is 32.6. The van der Waals surface area contributed by atoms with Crippen LogP contribution in [0.4, 0.5) is 5.69 Å². The number of sulfonamides is 2. The molecule has 0 bridgehead atoms. The largest absolute Gasteiger partial charge is 0.497 e. The van der Waals surface area contributed by atoms with Gasteiger partial charge in [0, 0.05) is 11.1 Å². The lowest BCUT2D eigenvalue weighted by atomic mass is 10.3. The fourth-order valence-corrected chi connectivity index (χ4v) is 6.48. The van der Waals surface area contributed by atoms with Gasteiger partial charge in [-0.2, -0.15) is 5.10 Å². The maximum absolute atomic E-state index is 13.7. The standard InChI is InChI=1S/C29H29ClN4O9S2/c1-40-22-8-6-21(7-9-22)34(45(38,39)26-14-15-27(41-2)28(16-26)42-3)19-29(35)33-31-17-23-10-11-24(43-23)18-32-44(36,37)25-12-4-20(30)5-13-25/h4-17,32H,18-19H2,1-3H3,(H,33,35)/b31-17-. The number of furan rings is 1. The van der Waals surface area contributed by atoms with Crippen LogP contribution in [0.25, 0.3) is 0 Å². The highest BCUT2D eigenvalue weighted by Gasteiger charge is 2.28. The van der Waals surface area contributed by atoms with Gasteiger partial charge in [-0.1, -0.05) is 11.6 Å². The van der Waals surface area contributed by atoms with Gasteiger partial charge < -0.3 is 18.6 Å². The lowest BCUT2D eigenvalue weighted by Gasteiger charge is -2.24. The molecule has 1 heterocycles. The average molecular weight is 677 g/mol. The second-order valence-corrected chi connectivity index (χ2v) is 13.2. The lowest BCUT2D eigenvalue weighted by molar-refractivity contribution is -0.119. The number of benzene rings is 3. The molecular weight excluding hydrogens is 648 g/mol. The Morgan fingerprint density at radius 3 is 2.18 bits per heavy atom. The van der Waals surface area contributed by atoms with Crippen LogP contribution in [0.15, 0.2) is 98.2 Å². The topological polar surface area (TPSA) is 166 Å². The van der Waals surface area contributed by atoms with Gasteiger partial charge in [-0.3, -0.25) is 9.10 Å². The van der Waals surface area contributed by atoms with Crippen LogP contribution >= 0.6 is 11.6 Å². The molecule has 4 rings (SSSR count). The van der Waals surface area contributed by atoms with Crippen molar-refractivity contribution in [2.75, 3.05) is 32.2 Å². The summed E-state index contributed by atoms with van der Waals surface area (Å²) in [6.07, 6.45) is 1.19. The van der Waals surface area contributed by atoms with Crippen LogP contribution in [0.2, 0.25) is 5.02 Å². The first-order valence-corrected chi connectivity index (χ1v) is 16.3. The van der Waals surface area contributed by atoms with Crippen LogP contribution in [0, 0.1) is 0 Å². The van der Waals surface area contributed by atoms with E-state index in [2.05, 4.69) is 15.2 Å². The van der Waals surface area contributed by atoms with Gasteiger partial charge in [0.25, 0.3) is 15.9 Å². The number of hydrazone groups is 1. The molecule has 238 valence electrons. The number of anilines is 1. The Labute approximate surface area is 265 Å². The maximum Gasteiger partial charge on any atom is 0.264 e. The van der Waals surface area contributed by atoms with E-state index in [-0.39, 0.29) is 39.3 Å². The zero-order valence-electron chi connectivity index (χ0n) is 24.3. The molecule has 0 aliphatic heterocycles. The number of amides is 1. The predicted molar refractivity (Wildman–Crippen MR) is 167 cm³/mol. The summed E-state index contributed by atoms with van der Waals surface area (Å²) in [5.74, 6) is 0.755. The third kappa shape index (κ3) is 8.33. The predicted octanol–water partition coefficient (Wildman–Crippen LogP) is 3.78. The third-order valence-corrected chi connectivity index (χ3v) is 9.65. The summed E-state index contributed by atoms with van der Waals surface area (Å²) in [5.41, 5.74) is 2.48. The van der Waals surface area contributed by atoms with Crippen LogP contribution in [-0.2, 0) is 31.4 Å². The molecule has 1 aromatic heterocycles. The smallest absolute Gasteiger partial charge is 0.264 e. The molecule has 0 aliphatic rings. The summed E-state index contributed by atoms with van der Waals surface area (Å²) >= 11 is 5.82. The molecule has 0 saturated carbocycles. The van der Waals surface area contributed by atoms with E-state index < -0.39 is 32.5 Å². The monoisotopic (exact) mass is 676 g/mol. The normalized spacial score (nSPS) is 11.7. The van der Waals surface area contributed by atoms with Crippen LogP contribution in [-0.4, -0.2) is 56.8 Å². The molecule has 1 amide bonds. The highest BCUT2D eigenvalue weighted by molar-refractivity contribution is 7.92. The van der Waals surface area contributed by atoms with Crippen molar-refractivity contribution in [1.29, 1.82) is 0 Å². The second kappa shape index (κ2) is 14.5. The number of hydrogen-bond donors (Lipinski definition) is 2. The number of nitrogens with zero attached hydrogens (tertiary/aromatic N) is 2. The summed E-state index contributed by atoms with van der Waals surface area (Å²) in [6, 6.07) is 19.0. The number of hydrogen-bond acceptors (Lipinski definition) is 10. The third-order valence-electron chi connectivity index (χ3n) is 6.21. The minimum absolute atomic E-state index is 0.0415. The number of carbonyl (C=O) groups excluding carboxylic acids is 1. The molecule has 16 heteroatoms. The summed E-state index contributed by atoms with van der Waals surface area (Å²) in [4.78, 5) is 12.8. The molecule has 13 nitrogen and oxygen atoms in total. The molecule has 0 unspecified atom stereocenters. The van der Waals surface area contributed by atoms with E-state index in [4.69, 9.17) is 30.2 Å². The molecule has 0 atom stereocenters. The van der Waals surface area contributed by atoms with E-state index >= 15 is 0 Å². The van der Waals surface area contributed by atoms with E-state index in [9.17, 15) is 21.6 Å². The number of halogens is 1. The van der Waals surface area contributed by atoms with Crippen LogP contribution < -0.4 is 28.7 Å². The van der Waals surface area contributed by atoms with Crippen molar-refractivity contribution in [3.63, 3.8) is 0 Å². The minimum atomic E-state index is -4.28. The molecule has 3 aromatic carbocycles. The number of nitrogens with one attached hydrogen (secondary N) is 2. The molecule has 0 spiro atoms. The van der Waals surface area contributed by atoms with Crippen molar-refractivity contribution in [1.82, 2.24) is 10.1 Å². The Balaban J connectivity index is 1.45. The van der Waals surface area contributed by atoms with Gasteiger partial charge in [0.15, 0.2) is 11.5 Å². The molecule has 0 aliphatic carbocycles. The van der Waals surface area contributed by atoms with Crippen molar-refractivity contribution in [2.24, 2.45) is 5.10 Å². The Bertz CT molecular complexity index is 1880. The van der Waals surface area contributed by atoms with Crippen molar-refractivity contribution in [3.05, 3.63) is 95.4 Å². The highest BCUT2D eigenvalue weighted by atomic mass is 35.5. The van der Waals surface area contributed by atoms with Gasteiger partial charge in [0.05, 0.1) is 49.6 Å². The van der Waals surface area contributed by atoms with Gasteiger partial charge in [-0.05, 0) is 72.8 Å². The Morgan fingerprint density at radius 2 is 1.53 bits per heavy atom. The van der Waals surface area contributed by atoms with Crippen molar-refractivity contribution in [2.45, 2.75) is 16.3 Å². The van der Waals surface area contributed by atoms with Crippen molar-refractivity contribution in [3.8, 4) is 17.2 Å². The lowest BCUT2D eigenvalue weighted by Crippen LogP contribution is -2.39. The molecule has 45 heavy (non-hydrogen) atoms. The first kappa shape index (κ1) is 33.3. The quantitative estimate of drug-likeness (QED) is 0.149. The maximum atomic E-state index is 13.7. The molecule has 4 aromatic rings. The molecular formula is C29H29ClN4O9S2. The molecule has 0 saturated heterocycles. The van der Waals surface area contributed by atoms with Gasteiger partial charge in [-0.25, -0.2) is 27.0 Å². The van der Waals surface area contributed by atoms with Crippen LogP contribution in [0.1, 0.15) is 11.5 Å². The van der Waals surface area contributed by atoms with Gasteiger partial charge >= 0.3 is 0 Å². The fraction of sp³-hybridized carbons (Fsp3) is 0.172. The number of carbonyl (C=O) groups is 1. The van der Waals surface area contributed by atoms with Gasteiger partial charge in [0.2, 0.25) is 10.0 Å². The first-order valence-electron chi connectivity index (χ1n) is 13.0. The van der Waals surface area contributed by atoms with Gasteiger partial charge in [-0.15, -0.1) is 0 Å². The highest BCUT2D eigenvalue weighted by Crippen LogP contribution is 2.32. The fourth-order valence-electron chi connectivity index (χ4n) is 3.92. The van der Waals surface area contributed by atoms with E-state index in [0.717, 1.165) is 4.31 Å². The summed E-state index contributed by atoms with van der Waals surface area (Å²) in [6.45, 7) is -0.772. The summed E-state index contributed by atoms with van der Waals surface area (Å²) < 4.78 is 76.9. The van der Waals surface area contributed by atoms with Gasteiger partial charge in [0.1, 0.15) is 23.8 Å². The van der Waals surface area contributed by atoms with E-state index in [1.165, 1.54) is 94.3 Å². The Hall–Kier alpha value is -4.57. The van der Waals surface area contributed by atoms with Crippen molar-refractivity contribution < 1.29 is 40.3 Å². The first-order chi connectivity index (χ1) is 21.5. The van der Waals surface area contributed by atoms with E-state index in [1.54, 1.807) is 12.1 Å². The SMILES string of the molecule is COc1ccc(N(CC(=O)N/N=C\c2ccc(CNS(=O)(=O)c3ccc(Cl)cc3)o2)S(=O)(=O)c2ccc(OC)c(OC)c2)cc1. The minimum Gasteiger partial charge on any atom is -0.497 e. The second-order valence-electron chi connectivity index (χ2n) is 9.10. The van der Waals surface area contributed by atoms with Crippen molar-refractivity contribution >= 4 is 49.5 Å². The molecule has 0 fully saturated rings. The van der Waals surface area contributed by atoms with Crippen LogP contribution in [0.3, 0.4) is 0 Å². The Kier molecular flexibility index (Phi) is 10.7. The summed E-state index contributed by atoms with van der Waals surface area (Å²) in [5, 5.41) is 4.26. The van der Waals surface area contributed by atoms with Crippen LogP contribution in [0.5, 0.6) is 17.2 Å². The van der Waals surface area contributed by atoms with E-state index in [0.29, 0.717) is 16.5 Å². The number of ether oxygens (including phenoxy) is 3. The molecule has 0 radical (unpaired) electrons. The Morgan fingerprint density at radius 1 is 0.867 bits per heavy atom. The van der Waals surface area contributed by atoms with E-state index in [1.807, 2.05) is 0 Å². The number of rotatable bonds is 14. The summed E-state index contributed by atoms with van der Waals surface area (Å²) in [7, 11) is -3.81.